The molecule has 2 fully saturated rings. The fraction of sp³-hybridized carbons (Fsp3) is 0.524. The zero-order chi connectivity index (χ0) is 15.5. The van der Waals surface area contributed by atoms with Crippen LogP contribution in [0.2, 0.25) is 0 Å². The minimum atomic E-state index is 0.386. The Morgan fingerprint density at radius 1 is 1.23 bits per heavy atom. The van der Waals surface area contributed by atoms with Gasteiger partial charge < -0.3 is 5.11 Å². The monoisotopic (exact) mass is 294 g/mol. The van der Waals surface area contributed by atoms with Crippen LogP contribution in [0, 0.1) is 17.3 Å². The Kier molecular flexibility index (Phi) is 3.04. The SMILES string of the molecule is C=Cc1cc2c(cc1O)CC[C@@H]1[C@@H]2CC[C@]2(C)C(=C)CC[C@@H]12. The van der Waals surface area contributed by atoms with Crippen LogP contribution in [0.4, 0.5) is 0 Å². The Hall–Kier alpha value is -1.50. The van der Waals surface area contributed by atoms with E-state index in [1.807, 2.05) is 6.07 Å². The highest BCUT2D eigenvalue weighted by atomic mass is 16.3. The van der Waals surface area contributed by atoms with Crippen molar-refractivity contribution >= 4 is 6.08 Å². The number of hydrogen-bond acceptors (Lipinski definition) is 1. The Balaban J connectivity index is 1.75. The lowest BCUT2D eigenvalue weighted by Crippen LogP contribution is -2.40. The van der Waals surface area contributed by atoms with Gasteiger partial charge in [0.05, 0.1) is 0 Å². The maximum atomic E-state index is 10.1. The quantitative estimate of drug-likeness (QED) is 0.683. The normalized spacial score (nSPS) is 36.4. The number of hydrogen-bond donors (Lipinski definition) is 1. The summed E-state index contributed by atoms with van der Waals surface area (Å²) in [5.74, 6) is 2.68. The molecule has 0 radical (unpaired) electrons. The molecule has 1 aromatic rings. The molecule has 2 saturated carbocycles. The minimum absolute atomic E-state index is 0.386. The molecule has 1 nitrogen and oxygen atoms in total. The maximum absolute atomic E-state index is 10.1. The average Bonchev–Trinajstić information content (AvgIpc) is 2.82. The predicted octanol–water partition coefficient (Wildman–Crippen LogP) is 5.45. The van der Waals surface area contributed by atoms with E-state index in [9.17, 15) is 5.11 Å². The molecule has 0 bridgehead atoms. The van der Waals surface area contributed by atoms with Gasteiger partial charge >= 0.3 is 0 Å². The summed E-state index contributed by atoms with van der Waals surface area (Å²) in [5.41, 5.74) is 5.63. The van der Waals surface area contributed by atoms with Crippen LogP contribution in [-0.4, -0.2) is 5.11 Å². The summed E-state index contributed by atoms with van der Waals surface area (Å²) in [7, 11) is 0. The lowest BCUT2D eigenvalue weighted by atomic mass is 9.55. The van der Waals surface area contributed by atoms with Gasteiger partial charge in [-0.05, 0) is 85.0 Å². The summed E-state index contributed by atoms with van der Waals surface area (Å²) < 4.78 is 0. The second-order valence-corrected chi connectivity index (χ2v) is 7.83. The summed E-state index contributed by atoms with van der Waals surface area (Å²) in [6, 6.07) is 4.20. The van der Waals surface area contributed by atoms with Gasteiger partial charge in [0.1, 0.15) is 5.75 Å². The Labute approximate surface area is 133 Å². The smallest absolute Gasteiger partial charge is 0.123 e. The van der Waals surface area contributed by atoms with E-state index in [2.05, 4.69) is 26.1 Å². The zero-order valence-electron chi connectivity index (χ0n) is 13.6. The highest BCUT2D eigenvalue weighted by Gasteiger charge is 2.51. The molecule has 4 rings (SSSR count). The molecule has 0 amide bonds. The molecule has 3 aliphatic rings. The van der Waals surface area contributed by atoms with Crippen LogP contribution in [0.3, 0.4) is 0 Å². The molecule has 0 aliphatic heterocycles. The third-order valence-electron chi connectivity index (χ3n) is 7.05. The largest absolute Gasteiger partial charge is 0.507 e. The first kappa shape index (κ1) is 14.1. The van der Waals surface area contributed by atoms with Crippen LogP contribution in [0.15, 0.2) is 30.9 Å². The van der Waals surface area contributed by atoms with Gasteiger partial charge in [0.25, 0.3) is 0 Å². The van der Waals surface area contributed by atoms with Crippen molar-refractivity contribution in [3.8, 4) is 5.75 Å². The van der Waals surface area contributed by atoms with E-state index in [1.165, 1.54) is 48.8 Å². The first-order chi connectivity index (χ1) is 10.5. The molecular weight excluding hydrogens is 268 g/mol. The van der Waals surface area contributed by atoms with E-state index in [-0.39, 0.29) is 0 Å². The maximum Gasteiger partial charge on any atom is 0.123 e. The summed E-state index contributed by atoms with van der Waals surface area (Å²) in [5, 5.41) is 10.1. The molecule has 1 N–H and O–H groups in total. The van der Waals surface area contributed by atoms with Gasteiger partial charge in [-0.15, -0.1) is 0 Å². The van der Waals surface area contributed by atoms with Crippen LogP contribution in [0.5, 0.6) is 5.75 Å². The number of rotatable bonds is 1. The van der Waals surface area contributed by atoms with Gasteiger partial charge in [-0.3, -0.25) is 0 Å². The summed E-state index contributed by atoms with van der Waals surface area (Å²) in [6.07, 6.45) is 9.28. The fourth-order valence-electron chi connectivity index (χ4n) is 5.70. The highest BCUT2D eigenvalue weighted by Crippen LogP contribution is 2.62. The molecule has 0 spiro atoms. The minimum Gasteiger partial charge on any atom is -0.507 e. The van der Waals surface area contributed by atoms with Crippen molar-refractivity contribution in [1.29, 1.82) is 0 Å². The van der Waals surface area contributed by atoms with Crippen LogP contribution in [0.25, 0.3) is 6.08 Å². The van der Waals surface area contributed by atoms with Crippen molar-refractivity contribution in [2.24, 2.45) is 17.3 Å². The molecule has 0 heterocycles. The van der Waals surface area contributed by atoms with Crippen LogP contribution in [-0.2, 0) is 6.42 Å². The number of phenolic OH excluding ortho intramolecular Hbond substituents is 1. The van der Waals surface area contributed by atoms with E-state index in [0.717, 1.165) is 23.8 Å². The van der Waals surface area contributed by atoms with Crippen molar-refractivity contribution in [3.05, 3.63) is 47.6 Å². The number of phenols is 1. The lowest BCUT2D eigenvalue weighted by Gasteiger charge is -2.49. The second-order valence-electron chi connectivity index (χ2n) is 7.83. The molecule has 0 aromatic heterocycles. The van der Waals surface area contributed by atoms with Crippen molar-refractivity contribution in [3.63, 3.8) is 0 Å². The zero-order valence-corrected chi connectivity index (χ0v) is 13.6. The van der Waals surface area contributed by atoms with Crippen molar-refractivity contribution in [1.82, 2.24) is 0 Å². The van der Waals surface area contributed by atoms with E-state index in [1.54, 1.807) is 6.08 Å². The van der Waals surface area contributed by atoms with Gasteiger partial charge in [-0.1, -0.05) is 31.7 Å². The van der Waals surface area contributed by atoms with Gasteiger partial charge in [0.2, 0.25) is 0 Å². The third kappa shape index (κ3) is 1.77. The summed E-state index contributed by atoms with van der Waals surface area (Å²) >= 11 is 0. The van der Waals surface area contributed by atoms with E-state index < -0.39 is 0 Å². The second kappa shape index (κ2) is 4.75. The average molecular weight is 294 g/mol. The molecule has 4 atom stereocenters. The molecular formula is C21H26O. The van der Waals surface area contributed by atoms with Crippen molar-refractivity contribution in [2.45, 2.75) is 51.4 Å². The molecule has 1 aromatic carbocycles. The number of aromatic hydroxyl groups is 1. The van der Waals surface area contributed by atoms with Crippen LogP contribution >= 0.6 is 0 Å². The summed E-state index contributed by atoms with van der Waals surface area (Å²) in [4.78, 5) is 0. The molecule has 3 aliphatic carbocycles. The van der Waals surface area contributed by atoms with Gasteiger partial charge in [-0.25, -0.2) is 0 Å². The first-order valence-electron chi connectivity index (χ1n) is 8.71. The first-order valence-corrected chi connectivity index (χ1v) is 8.71. The van der Waals surface area contributed by atoms with E-state index in [0.29, 0.717) is 17.1 Å². The molecule has 22 heavy (non-hydrogen) atoms. The molecule has 0 unspecified atom stereocenters. The van der Waals surface area contributed by atoms with Crippen LogP contribution in [0.1, 0.15) is 61.6 Å². The van der Waals surface area contributed by atoms with E-state index >= 15 is 0 Å². The highest BCUT2D eigenvalue weighted by molar-refractivity contribution is 5.59. The molecule has 1 heteroatoms. The van der Waals surface area contributed by atoms with Crippen molar-refractivity contribution in [2.75, 3.05) is 0 Å². The van der Waals surface area contributed by atoms with E-state index in [4.69, 9.17) is 0 Å². The Morgan fingerprint density at radius 3 is 2.82 bits per heavy atom. The van der Waals surface area contributed by atoms with Gasteiger partial charge in [0.15, 0.2) is 0 Å². The molecule has 116 valence electrons. The standard InChI is InChI=1S/C21H26O/c1-4-14-11-18-15(12-20(14)22)6-7-17-16(18)9-10-21(3)13(2)5-8-19(17)21/h4,11-12,16-17,19,22H,1-2,5-10H2,3H3/t16-,17+,19-,21+/m0/s1. The lowest BCUT2D eigenvalue weighted by molar-refractivity contribution is 0.0816. The molecule has 0 saturated heterocycles. The number of aryl methyl sites for hydroxylation is 1. The summed E-state index contributed by atoms with van der Waals surface area (Å²) in [6.45, 7) is 10.7. The number of fused-ring (bicyclic) bond motifs is 5. The van der Waals surface area contributed by atoms with Crippen molar-refractivity contribution < 1.29 is 5.11 Å². The van der Waals surface area contributed by atoms with Gasteiger partial charge in [0, 0.05) is 5.56 Å². The number of benzene rings is 1. The van der Waals surface area contributed by atoms with Gasteiger partial charge in [-0.2, -0.15) is 0 Å². The Morgan fingerprint density at radius 2 is 2.05 bits per heavy atom. The predicted molar refractivity (Wildman–Crippen MR) is 92.0 cm³/mol. The Bertz CT molecular complexity index is 656. The number of allylic oxidation sites excluding steroid dienone is 1. The van der Waals surface area contributed by atoms with Crippen LogP contribution < -0.4 is 0 Å². The topological polar surface area (TPSA) is 20.2 Å². The third-order valence-corrected chi connectivity index (χ3v) is 7.05. The fourth-order valence-corrected chi connectivity index (χ4v) is 5.70.